The second kappa shape index (κ2) is 12.0. The molecule has 5 fully saturated rings. The Bertz CT molecular complexity index is 1370. The summed E-state index contributed by atoms with van der Waals surface area (Å²) in [6.07, 6.45) is 8.28. The third kappa shape index (κ3) is 6.82. The third-order valence-electron chi connectivity index (χ3n) is 9.88. The molecular weight excluding hydrogens is 552 g/mol. The number of primary sulfonamides is 1. The molecule has 4 aliphatic carbocycles. The number of carbonyl (C=O) groups is 2. The number of nitrogens with one attached hydrogen (secondary N) is 1. The molecule has 2 aromatic rings. The second-order valence-electron chi connectivity index (χ2n) is 13.1. The van der Waals surface area contributed by atoms with Gasteiger partial charge >= 0.3 is 0 Å². The second-order valence-corrected chi connectivity index (χ2v) is 14.7. The van der Waals surface area contributed by atoms with Gasteiger partial charge in [0.1, 0.15) is 12.4 Å². The molecule has 10 heteroatoms. The van der Waals surface area contributed by atoms with Crippen molar-refractivity contribution < 1.29 is 22.7 Å². The first-order valence-corrected chi connectivity index (χ1v) is 16.8. The molecule has 2 amide bonds. The van der Waals surface area contributed by atoms with Crippen LogP contribution in [-0.4, -0.2) is 62.8 Å². The Morgan fingerprint density at radius 3 is 2.14 bits per heavy atom. The number of nitrogens with zero attached hydrogens (tertiary/aromatic N) is 2. The van der Waals surface area contributed by atoms with E-state index >= 15 is 0 Å². The minimum Gasteiger partial charge on any atom is -0.489 e. The molecule has 7 rings (SSSR count). The van der Waals surface area contributed by atoms with Crippen LogP contribution < -0.4 is 15.2 Å². The fourth-order valence-electron chi connectivity index (χ4n) is 8.30. The molecule has 1 heterocycles. The Morgan fingerprint density at radius 2 is 1.52 bits per heavy atom. The Balaban J connectivity index is 0.942. The molecule has 42 heavy (non-hydrogen) atoms. The molecule has 2 aromatic carbocycles. The number of hydrogen-bond donors (Lipinski definition) is 2. The number of benzene rings is 2. The van der Waals surface area contributed by atoms with Crippen LogP contribution in [0.25, 0.3) is 0 Å². The van der Waals surface area contributed by atoms with E-state index in [-0.39, 0.29) is 28.7 Å². The van der Waals surface area contributed by atoms with Crippen molar-refractivity contribution in [3.05, 3.63) is 59.7 Å². The van der Waals surface area contributed by atoms with Gasteiger partial charge in [-0.1, -0.05) is 30.3 Å². The number of rotatable bonds is 10. The molecular formula is C32H42N4O5S. The fourth-order valence-corrected chi connectivity index (χ4v) is 8.82. The van der Waals surface area contributed by atoms with Crippen LogP contribution in [0.15, 0.2) is 53.4 Å². The highest BCUT2D eigenvalue weighted by atomic mass is 32.2. The summed E-state index contributed by atoms with van der Waals surface area (Å²) in [6.45, 7) is 3.84. The summed E-state index contributed by atoms with van der Waals surface area (Å²) in [5.41, 5.74) is 2.08. The number of piperazine rings is 1. The van der Waals surface area contributed by atoms with Gasteiger partial charge in [-0.25, -0.2) is 13.6 Å². The number of ether oxygens (including phenoxy) is 1. The summed E-state index contributed by atoms with van der Waals surface area (Å²) in [6, 6.07) is 14.2. The van der Waals surface area contributed by atoms with Gasteiger partial charge in [-0.3, -0.25) is 14.5 Å². The van der Waals surface area contributed by atoms with Gasteiger partial charge < -0.3 is 15.0 Å². The fraction of sp³-hybridized carbons (Fsp3) is 0.562. The zero-order valence-electron chi connectivity index (χ0n) is 24.2. The molecule has 1 aliphatic heterocycles. The van der Waals surface area contributed by atoms with E-state index in [4.69, 9.17) is 9.88 Å². The van der Waals surface area contributed by atoms with E-state index < -0.39 is 10.0 Å². The van der Waals surface area contributed by atoms with E-state index in [9.17, 15) is 18.0 Å². The average Bonchev–Trinajstić information content (AvgIpc) is 2.95. The summed E-state index contributed by atoms with van der Waals surface area (Å²) in [5, 5.41) is 8.14. The smallest absolute Gasteiger partial charge is 0.242 e. The first-order valence-electron chi connectivity index (χ1n) is 15.2. The predicted molar refractivity (Wildman–Crippen MR) is 159 cm³/mol. The summed E-state index contributed by atoms with van der Waals surface area (Å²) in [4.78, 5) is 30.0. The van der Waals surface area contributed by atoms with Crippen LogP contribution in [0.3, 0.4) is 0 Å². The van der Waals surface area contributed by atoms with Crippen molar-refractivity contribution in [3.63, 3.8) is 0 Å². The highest BCUT2D eigenvalue weighted by molar-refractivity contribution is 7.89. The SMILES string of the molecule is NS(=O)(=O)c1ccc(COc2ccccc2CN2CCN(C(=O)CNC(=O)CC34CC5CC(CC(C5)C3)C4)CC2)cc1. The van der Waals surface area contributed by atoms with Crippen molar-refractivity contribution in [2.24, 2.45) is 28.3 Å². The molecule has 5 aliphatic rings. The Kier molecular flexibility index (Phi) is 8.31. The summed E-state index contributed by atoms with van der Waals surface area (Å²) >= 11 is 0. The third-order valence-corrected chi connectivity index (χ3v) is 10.8. The van der Waals surface area contributed by atoms with Crippen molar-refractivity contribution in [1.29, 1.82) is 0 Å². The predicted octanol–water partition coefficient (Wildman–Crippen LogP) is 3.28. The average molecular weight is 595 g/mol. The molecule has 0 atom stereocenters. The maximum absolute atomic E-state index is 12.9. The van der Waals surface area contributed by atoms with E-state index in [1.807, 2.05) is 29.2 Å². The Hall–Kier alpha value is -2.95. The highest BCUT2D eigenvalue weighted by Crippen LogP contribution is 2.61. The lowest BCUT2D eigenvalue weighted by molar-refractivity contribution is -0.136. The maximum atomic E-state index is 12.9. The van der Waals surface area contributed by atoms with Crippen LogP contribution in [0, 0.1) is 23.2 Å². The first-order chi connectivity index (χ1) is 20.1. The standard InChI is InChI=1S/C32H42N4O5S/c33-42(39,40)28-7-5-23(6-8-28)22-41-29-4-2-1-3-27(29)21-35-9-11-36(12-10-35)31(38)20-34-30(37)19-32-16-24-13-25(17-32)15-26(14-24)18-32/h1-8,24-26H,9-22H2,(H,34,37)(H2,33,39,40). The van der Waals surface area contributed by atoms with Gasteiger partial charge in [0.15, 0.2) is 0 Å². The van der Waals surface area contributed by atoms with Crippen molar-refractivity contribution in [3.8, 4) is 5.75 Å². The molecule has 9 nitrogen and oxygen atoms in total. The molecule has 4 bridgehead atoms. The molecule has 0 aromatic heterocycles. The van der Waals surface area contributed by atoms with E-state index in [1.165, 1.54) is 50.7 Å². The molecule has 3 N–H and O–H groups in total. The van der Waals surface area contributed by atoms with Crippen LogP contribution in [0.2, 0.25) is 0 Å². The monoisotopic (exact) mass is 594 g/mol. The van der Waals surface area contributed by atoms with E-state index in [0.29, 0.717) is 32.7 Å². The van der Waals surface area contributed by atoms with Crippen molar-refractivity contribution >= 4 is 21.8 Å². The van der Waals surface area contributed by atoms with Crippen molar-refractivity contribution in [1.82, 2.24) is 15.1 Å². The van der Waals surface area contributed by atoms with E-state index in [2.05, 4.69) is 10.2 Å². The number of nitrogens with two attached hydrogens (primary N) is 1. The molecule has 4 saturated carbocycles. The van der Waals surface area contributed by atoms with Crippen LogP contribution in [0.4, 0.5) is 0 Å². The van der Waals surface area contributed by atoms with Crippen LogP contribution in [-0.2, 0) is 32.8 Å². The molecule has 226 valence electrons. The van der Waals surface area contributed by atoms with Crippen molar-refractivity contribution in [2.45, 2.75) is 63.0 Å². The largest absolute Gasteiger partial charge is 0.489 e. The summed E-state index contributed by atoms with van der Waals surface area (Å²) in [7, 11) is -3.73. The minimum absolute atomic E-state index is 0.00861. The van der Waals surface area contributed by atoms with Gasteiger partial charge in [-0.05, 0) is 85.5 Å². The normalized spacial score (nSPS) is 27.2. The van der Waals surface area contributed by atoms with Crippen LogP contribution >= 0.6 is 0 Å². The topological polar surface area (TPSA) is 122 Å². The summed E-state index contributed by atoms with van der Waals surface area (Å²) < 4.78 is 29.1. The quantitative estimate of drug-likeness (QED) is 0.436. The van der Waals surface area contributed by atoms with Gasteiger partial charge in [-0.2, -0.15) is 0 Å². The molecule has 0 unspecified atom stereocenters. The number of carbonyl (C=O) groups excluding carboxylic acids is 2. The maximum Gasteiger partial charge on any atom is 0.242 e. The van der Waals surface area contributed by atoms with E-state index in [1.54, 1.807) is 12.1 Å². The van der Waals surface area contributed by atoms with Gasteiger partial charge in [0.05, 0.1) is 11.4 Å². The lowest BCUT2D eigenvalue weighted by Gasteiger charge is -2.56. The summed E-state index contributed by atoms with van der Waals surface area (Å²) in [5.74, 6) is 3.26. The molecule has 0 spiro atoms. The van der Waals surface area contributed by atoms with Gasteiger partial charge in [0.2, 0.25) is 21.8 Å². The zero-order chi connectivity index (χ0) is 29.3. The lowest BCUT2D eigenvalue weighted by Crippen LogP contribution is -2.51. The van der Waals surface area contributed by atoms with Crippen molar-refractivity contribution in [2.75, 3.05) is 32.7 Å². The van der Waals surface area contributed by atoms with Crippen LogP contribution in [0.1, 0.15) is 56.1 Å². The first kappa shape index (κ1) is 29.1. The minimum atomic E-state index is -3.73. The molecule has 0 radical (unpaired) electrons. The van der Waals surface area contributed by atoms with Crippen LogP contribution in [0.5, 0.6) is 5.75 Å². The molecule has 1 saturated heterocycles. The number of para-hydroxylation sites is 1. The van der Waals surface area contributed by atoms with Gasteiger partial charge in [-0.15, -0.1) is 0 Å². The lowest BCUT2D eigenvalue weighted by atomic mass is 9.49. The zero-order valence-corrected chi connectivity index (χ0v) is 25.0. The highest BCUT2D eigenvalue weighted by Gasteiger charge is 2.51. The number of sulfonamides is 1. The Labute approximate surface area is 248 Å². The number of amides is 2. The van der Waals surface area contributed by atoms with Gasteiger partial charge in [0, 0.05) is 44.7 Å². The number of hydrogen-bond acceptors (Lipinski definition) is 6. The Morgan fingerprint density at radius 1 is 0.905 bits per heavy atom. The van der Waals surface area contributed by atoms with E-state index in [0.717, 1.165) is 47.7 Å². The van der Waals surface area contributed by atoms with Gasteiger partial charge in [0.25, 0.3) is 0 Å².